The lowest BCUT2D eigenvalue weighted by atomic mass is 9.99. The Hall–Kier alpha value is -1.17. The molecule has 0 saturated heterocycles. The van der Waals surface area contributed by atoms with Crippen molar-refractivity contribution in [2.24, 2.45) is 11.8 Å². The standard InChI is InChI=1S/C12H20N4O/c1-17-12(9-2-3-9)10(16-14)6-8-4-5-15-11(13)7-8/h4-5,7,9-10,12,16H,2-3,6,14H2,1H3,(H2,13,15). The van der Waals surface area contributed by atoms with Crippen LogP contribution in [0.5, 0.6) is 0 Å². The van der Waals surface area contributed by atoms with E-state index in [9.17, 15) is 0 Å². The van der Waals surface area contributed by atoms with Gasteiger partial charge < -0.3 is 10.5 Å². The zero-order valence-corrected chi connectivity index (χ0v) is 10.1. The van der Waals surface area contributed by atoms with Crippen LogP contribution in [-0.4, -0.2) is 24.2 Å². The third-order valence-corrected chi connectivity index (χ3v) is 3.27. The molecular formula is C12H20N4O. The number of hydrogen-bond donors (Lipinski definition) is 3. The first-order chi connectivity index (χ1) is 8.24. The number of anilines is 1. The summed E-state index contributed by atoms with van der Waals surface area (Å²) in [4.78, 5) is 3.98. The molecule has 0 spiro atoms. The first kappa shape index (κ1) is 12.3. The van der Waals surface area contributed by atoms with Crippen molar-refractivity contribution in [3.05, 3.63) is 23.9 Å². The molecule has 1 saturated carbocycles. The van der Waals surface area contributed by atoms with Gasteiger partial charge in [-0.05, 0) is 42.9 Å². The van der Waals surface area contributed by atoms with Gasteiger partial charge in [-0.3, -0.25) is 11.3 Å². The van der Waals surface area contributed by atoms with Gasteiger partial charge >= 0.3 is 0 Å². The van der Waals surface area contributed by atoms with Crippen LogP contribution in [0.3, 0.4) is 0 Å². The highest BCUT2D eigenvalue weighted by Gasteiger charge is 2.36. The maximum Gasteiger partial charge on any atom is 0.123 e. The van der Waals surface area contributed by atoms with Crippen LogP contribution in [0.25, 0.3) is 0 Å². The van der Waals surface area contributed by atoms with Crippen molar-refractivity contribution in [2.45, 2.75) is 31.4 Å². The van der Waals surface area contributed by atoms with Gasteiger partial charge in [0.2, 0.25) is 0 Å². The smallest absolute Gasteiger partial charge is 0.123 e. The molecule has 1 aliphatic carbocycles. The Bertz CT molecular complexity index is 367. The summed E-state index contributed by atoms with van der Waals surface area (Å²) < 4.78 is 5.54. The van der Waals surface area contributed by atoms with E-state index >= 15 is 0 Å². The summed E-state index contributed by atoms with van der Waals surface area (Å²) in [6, 6.07) is 3.96. The average molecular weight is 236 g/mol. The third-order valence-electron chi connectivity index (χ3n) is 3.27. The molecule has 0 bridgehead atoms. The van der Waals surface area contributed by atoms with Gasteiger partial charge in [0.25, 0.3) is 0 Å². The number of ether oxygens (including phenoxy) is 1. The zero-order valence-electron chi connectivity index (χ0n) is 10.1. The van der Waals surface area contributed by atoms with Crippen molar-refractivity contribution in [1.29, 1.82) is 0 Å². The minimum Gasteiger partial charge on any atom is -0.384 e. The van der Waals surface area contributed by atoms with Crippen molar-refractivity contribution in [1.82, 2.24) is 10.4 Å². The highest BCUT2D eigenvalue weighted by atomic mass is 16.5. The summed E-state index contributed by atoms with van der Waals surface area (Å²) in [6.45, 7) is 0. The van der Waals surface area contributed by atoms with Gasteiger partial charge in [0.15, 0.2) is 0 Å². The monoisotopic (exact) mass is 236 g/mol. The molecule has 0 aliphatic heterocycles. The Morgan fingerprint density at radius 3 is 2.88 bits per heavy atom. The van der Waals surface area contributed by atoms with Crippen LogP contribution in [0, 0.1) is 5.92 Å². The maximum absolute atomic E-state index is 5.66. The first-order valence-electron chi connectivity index (χ1n) is 5.94. The molecule has 2 rings (SSSR count). The van der Waals surface area contributed by atoms with Gasteiger partial charge in [-0.2, -0.15) is 0 Å². The van der Waals surface area contributed by atoms with Crippen LogP contribution in [0.15, 0.2) is 18.3 Å². The summed E-state index contributed by atoms with van der Waals surface area (Å²) in [5.74, 6) is 6.80. The largest absolute Gasteiger partial charge is 0.384 e. The summed E-state index contributed by atoms with van der Waals surface area (Å²) >= 11 is 0. The number of hydrazine groups is 1. The van der Waals surface area contributed by atoms with E-state index in [0.717, 1.165) is 12.0 Å². The first-order valence-corrected chi connectivity index (χ1v) is 5.94. The summed E-state index contributed by atoms with van der Waals surface area (Å²) in [5.41, 5.74) is 9.65. The number of rotatable bonds is 6. The molecule has 2 atom stereocenters. The Balaban J connectivity index is 2.03. The van der Waals surface area contributed by atoms with E-state index in [1.54, 1.807) is 13.3 Å². The Labute approximate surface area is 102 Å². The minimum atomic E-state index is 0.120. The van der Waals surface area contributed by atoms with Gasteiger partial charge in [-0.1, -0.05) is 0 Å². The molecule has 94 valence electrons. The fourth-order valence-corrected chi connectivity index (χ4v) is 2.26. The number of nitrogen functional groups attached to an aromatic ring is 1. The molecule has 5 heteroatoms. The highest BCUT2D eigenvalue weighted by molar-refractivity contribution is 5.32. The van der Waals surface area contributed by atoms with E-state index in [0.29, 0.717) is 11.7 Å². The molecule has 5 N–H and O–H groups in total. The molecule has 0 radical (unpaired) electrons. The fraction of sp³-hybridized carbons (Fsp3) is 0.583. The molecule has 1 aromatic heterocycles. The Morgan fingerprint density at radius 1 is 1.59 bits per heavy atom. The normalized spacial score (nSPS) is 18.9. The van der Waals surface area contributed by atoms with Crippen molar-refractivity contribution in [2.75, 3.05) is 12.8 Å². The lowest BCUT2D eigenvalue weighted by molar-refractivity contribution is 0.0511. The van der Waals surface area contributed by atoms with E-state index < -0.39 is 0 Å². The second kappa shape index (κ2) is 5.44. The van der Waals surface area contributed by atoms with Gasteiger partial charge in [0, 0.05) is 13.3 Å². The van der Waals surface area contributed by atoms with Gasteiger partial charge in [0.05, 0.1) is 12.1 Å². The van der Waals surface area contributed by atoms with Gasteiger partial charge in [-0.25, -0.2) is 4.98 Å². The van der Waals surface area contributed by atoms with Gasteiger partial charge in [-0.15, -0.1) is 0 Å². The molecule has 2 unspecified atom stereocenters. The number of methoxy groups -OCH3 is 1. The van der Waals surface area contributed by atoms with E-state index in [2.05, 4.69) is 10.4 Å². The Morgan fingerprint density at radius 2 is 2.35 bits per heavy atom. The molecule has 0 amide bonds. The SMILES string of the molecule is COC(C1CC1)C(Cc1ccnc(N)c1)NN. The van der Waals surface area contributed by atoms with E-state index in [-0.39, 0.29) is 12.1 Å². The van der Waals surface area contributed by atoms with Crippen molar-refractivity contribution < 1.29 is 4.74 Å². The molecule has 17 heavy (non-hydrogen) atoms. The molecule has 5 nitrogen and oxygen atoms in total. The van der Waals surface area contributed by atoms with Crippen LogP contribution >= 0.6 is 0 Å². The maximum atomic E-state index is 5.66. The number of hydrogen-bond acceptors (Lipinski definition) is 5. The zero-order chi connectivity index (χ0) is 12.3. The van der Waals surface area contributed by atoms with Crippen LogP contribution in [0.2, 0.25) is 0 Å². The molecule has 1 aromatic rings. The second-order valence-corrected chi connectivity index (χ2v) is 4.60. The highest BCUT2D eigenvalue weighted by Crippen LogP contribution is 2.36. The van der Waals surface area contributed by atoms with Crippen molar-refractivity contribution in [3.63, 3.8) is 0 Å². The molecular weight excluding hydrogens is 216 g/mol. The van der Waals surface area contributed by atoms with Crippen LogP contribution < -0.4 is 17.0 Å². The number of nitrogens with two attached hydrogens (primary N) is 2. The number of nitrogens with zero attached hydrogens (tertiary/aromatic N) is 1. The molecule has 1 aliphatic rings. The summed E-state index contributed by atoms with van der Waals surface area (Å²) in [7, 11) is 1.74. The second-order valence-electron chi connectivity index (χ2n) is 4.60. The summed E-state index contributed by atoms with van der Waals surface area (Å²) in [5, 5.41) is 0. The summed E-state index contributed by atoms with van der Waals surface area (Å²) in [6.07, 6.45) is 5.16. The predicted molar refractivity (Wildman–Crippen MR) is 67.0 cm³/mol. The van der Waals surface area contributed by atoms with E-state index in [1.165, 1.54) is 12.8 Å². The van der Waals surface area contributed by atoms with E-state index in [4.69, 9.17) is 16.3 Å². The lowest BCUT2D eigenvalue weighted by Crippen LogP contribution is -2.47. The number of aromatic nitrogens is 1. The van der Waals surface area contributed by atoms with Crippen molar-refractivity contribution in [3.8, 4) is 0 Å². The lowest BCUT2D eigenvalue weighted by Gasteiger charge is -2.25. The fourth-order valence-electron chi connectivity index (χ4n) is 2.26. The average Bonchev–Trinajstić information content (AvgIpc) is 3.13. The number of pyridine rings is 1. The predicted octanol–water partition coefficient (Wildman–Crippen LogP) is 0.463. The third kappa shape index (κ3) is 3.15. The topological polar surface area (TPSA) is 86.2 Å². The van der Waals surface area contributed by atoms with Gasteiger partial charge in [0.1, 0.15) is 5.82 Å². The van der Waals surface area contributed by atoms with Crippen molar-refractivity contribution >= 4 is 5.82 Å². The van der Waals surface area contributed by atoms with Crippen LogP contribution in [0.1, 0.15) is 18.4 Å². The van der Waals surface area contributed by atoms with Crippen LogP contribution in [-0.2, 0) is 11.2 Å². The van der Waals surface area contributed by atoms with E-state index in [1.807, 2.05) is 12.1 Å². The molecule has 0 aromatic carbocycles. The molecule has 1 fully saturated rings. The molecule has 1 heterocycles. The quantitative estimate of drug-likeness (QED) is 0.493. The minimum absolute atomic E-state index is 0.120. The number of nitrogens with one attached hydrogen (secondary N) is 1. The van der Waals surface area contributed by atoms with Crippen LogP contribution in [0.4, 0.5) is 5.82 Å². The Kier molecular flexibility index (Phi) is 3.93.